The molecule has 2 aromatic rings. The van der Waals surface area contributed by atoms with Gasteiger partial charge in [0.25, 0.3) is 5.91 Å². The maximum Gasteiger partial charge on any atom is 0.263 e. The van der Waals surface area contributed by atoms with Crippen LogP contribution in [0.5, 0.6) is 11.6 Å². The van der Waals surface area contributed by atoms with E-state index in [0.29, 0.717) is 19.0 Å². The van der Waals surface area contributed by atoms with Gasteiger partial charge in [0.05, 0.1) is 6.54 Å². The van der Waals surface area contributed by atoms with Gasteiger partial charge in [-0.25, -0.2) is 4.98 Å². The van der Waals surface area contributed by atoms with E-state index in [1.807, 2.05) is 35.2 Å². The van der Waals surface area contributed by atoms with Crippen LogP contribution in [0, 0.1) is 6.92 Å². The molecule has 1 aromatic carbocycles. The van der Waals surface area contributed by atoms with Crippen LogP contribution in [0.25, 0.3) is 0 Å². The fourth-order valence-electron chi connectivity index (χ4n) is 3.51. The van der Waals surface area contributed by atoms with Crippen LogP contribution in [0.4, 0.5) is 0 Å². The van der Waals surface area contributed by atoms with Gasteiger partial charge < -0.3 is 14.4 Å². The van der Waals surface area contributed by atoms with E-state index >= 15 is 0 Å². The predicted octanol–water partition coefficient (Wildman–Crippen LogP) is 2.76. The van der Waals surface area contributed by atoms with Crippen LogP contribution in [0.2, 0.25) is 0 Å². The van der Waals surface area contributed by atoms with Crippen molar-refractivity contribution in [2.45, 2.75) is 38.4 Å². The molecule has 3 heterocycles. The van der Waals surface area contributed by atoms with Crippen LogP contribution < -0.4 is 9.47 Å². The number of rotatable bonds is 3. The minimum absolute atomic E-state index is 0.00243. The van der Waals surface area contributed by atoms with Crippen molar-refractivity contribution >= 4 is 5.91 Å². The Bertz CT molecular complexity index is 763. The molecule has 1 amide bonds. The molecule has 2 atom stereocenters. The molecular formula is C20H22N2O3. The molecule has 1 saturated heterocycles. The van der Waals surface area contributed by atoms with Crippen LogP contribution >= 0.6 is 0 Å². The zero-order valence-electron chi connectivity index (χ0n) is 14.4. The van der Waals surface area contributed by atoms with E-state index in [4.69, 9.17) is 9.47 Å². The SMILES string of the molecule is Cc1ccc2c(c1)CCC(C(=O)N1CCC(Oc3ccccn3)C1)O2. The Morgan fingerprint density at radius 2 is 2.20 bits per heavy atom. The zero-order chi connectivity index (χ0) is 17.2. The molecule has 130 valence electrons. The smallest absolute Gasteiger partial charge is 0.263 e. The third-order valence-corrected chi connectivity index (χ3v) is 4.82. The number of pyridine rings is 1. The number of carbonyl (C=O) groups excluding carboxylic acids is 1. The van der Waals surface area contributed by atoms with Gasteiger partial charge in [-0.1, -0.05) is 23.8 Å². The second-order valence-corrected chi connectivity index (χ2v) is 6.74. The van der Waals surface area contributed by atoms with Gasteiger partial charge in [0, 0.05) is 25.2 Å². The molecule has 25 heavy (non-hydrogen) atoms. The molecule has 0 bridgehead atoms. The van der Waals surface area contributed by atoms with E-state index in [0.717, 1.165) is 25.0 Å². The molecule has 0 spiro atoms. The third kappa shape index (κ3) is 3.45. The summed E-state index contributed by atoms with van der Waals surface area (Å²) in [6.45, 7) is 3.37. The van der Waals surface area contributed by atoms with Gasteiger partial charge in [0.1, 0.15) is 11.9 Å². The van der Waals surface area contributed by atoms with Crippen LogP contribution in [0.1, 0.15) is 24.0 Å². The largest absolute Gasteiger partial charge is 0.480 e. The topological polar surface area (TPSA) is 51.7 Å². The average Bonchev–Trinajstić information content (AvgIpc) is 3.10. The highest BCUT2D eigenvalue weighted by Crippen LogP contribution is 2.29. The first-order valence-electron chi connectivity index (χ1n) is 8.82. The number of likely N-dealkylation sites (tertiary alicyclic amines) is 1. The fourth-order valence-corrected chi connectivity index (χ4v) is 3.51. The summed E-state index contributed by atoms with van der Waals surface area (Å²) in [5.74, 6) is 1.52. The Kier molecular flexibility index (Phi) is 4.30. The van der Waals surface area contributed by atoms with Gasteiger partial charge in [-0.05, 0) is 37.5 Å². The maximum absolute atomic E-state index is 12.8. The van der Waals surface area contributed by atoms with Crippen molar-refractivity contribution in [1.29, 1.82) is 0 Å². The monoisotopic (exact) mass is 338 g/mol. The molecule has 2 aliphatic heterocycles. The van der Waals surface area contributed by atoms with Crippen molar-refractivity contribution in [3.8, 4) is 11.6 Å². The molecule has 0 N–H and O–H groups in total. The molecule has 0 saturated carbocycles. The van der Waals surface area contributed by atoms with E-state index in [1.165, 1.54) is 11.1 Å². The third-order valence-electron chi connectivity index (χ3n) is 4.82. The van der Waals surface area contributed by atoms with Crippen LogP contribution in [0.15, 0.2) is 42.6 Å². The summed E-state index contributed by atoms with van der Waals surface area (Å²) in [5.41, 5.74) is 2.42. The Morgan fingerprint density at radius 1 is 1.28 bits per heavy atom. The van der Waals surface area contributed by atoms with E-state index in [9.17, 15) is 4.79 Å². The zero-order valence-corrected chi connectivity index (χ0v) is 14.4. The van der Waals surface area contributed by atoms with Crippen LogP contribution in [-0.2, 0) is 11.2 Å². The molecular weight excluding hydrogens is 316 g/mol. The van der Waals surface area contributed by atoms with E-state index in [2.05, 4.69) is 18.0 Å². The van der Waals surface area contributed by atoms with Crippen molar-refractivity contribution in [1.82, 2.24) is 9.88 Å². The van der Waals surface area contributed by atoms with E-state index < -0.39 is 0 Å². The second kappa shape index (κ2) is 6.75. The summed E-state index contributed by atoms with van der Waals surface area (Å²) < 4.78 is 11.8. The van der Waals surface area contributed by atoms with Gasteiger partial charge in [-0.15, -0.1) is 0 Å². The number of hydrogen-bond acceptors (Lipinski definition) is 4. The van der Waals surface area contributed by atoms with Crippen molar-refractivity contribution in [3.05, 3.63) is 53.7 Å². The molecule has 0 radical (unpaired) electrons. The molecule has 2 aliphatic rings. The number of benzene rings is 1. The van der Waals surface area contributed by atoms with Crippen molar-refractivity contribution in [2.24, 2.45) is 0 Å². The Labute approximate surface area is 147 Å². The second-order valence-electron chi connectivity index (χ2n) is 6.74. The van der Waals surface area contributed by atoms with Gasteiger partial charge >= 0.3 is 0 Å². The van der Waals surface area contributed by atoms with Gasteiger partial charge in [-0.2, -0.15) is 0 Å². The number of aryl methyl sites for hydroxylation is 2. The molecule has 1 fully saturated rings. The lowest BCUT2D eigenvalue weighted by Gasteiger charge is -2.28. The minimum atomic E-state index is -0.385. The van der Waals surface area contributed by atoms with Crippen LogP contribution in [0.3, 0.4) is 0 Å². The molecule has 2 unspecified atom stereocenters. The normalized spacial score (nSPS) is 22.2. The minimum Gasteiger partial charge on any atom is -0.480 e. The highest BCUT2D eigenvalue weighted by Gasteiger charge is 2.34. The average molecular weight is 338 g/mol. The van der Waals surface area contributed by atoms with Gasteiger partial charge in [0.15, 0.2) is 6.10 Å². The number of aromatic nitrogens is 1. The molecule has 4 rings (SSSR count). The first kappa shape index (κ1) is 15.9. The lowest BCUT2D eigenvalue weighted by molar-refractivity contribution is -0.138. The number of fused-ring (bicyclic) bond motifs is 1. The first-order chi connectivity index (χ1) is 12.2. The number of carbonyl (C=O) groups is 1. The summed E-state index contributed by atoms with van der Waals surface area (Å²) in [6.07, 6.45) is 3.76. The lowest BCUT2D eigenvalue weighted by atomic mass is 10.00. The number of nitrogens with zero attached hydrogens (tertiary/aromatic N) is 2. The number of ether oxygens (including phenoxy) is 2. The quantitative estimate of drug-likeness (QED) is 0.863. The summed E-state index contributed by atoms with van der Waals surface area (Å²) in [7, 11) is 0. The van der Waals surface area contributed by atoms with E-state index in [-0.39, 0.29) is 18.1 Å². The Balaban J connectivity index is 1.37. The predicted molar refractivity (Wildman–Crippen MR) is 93.8 cm³/mol. The highest BCUT2D eigenvalue weighted by molar-refractivity contribution is 5.82. The highest BCUT2D eigenvalue weighted by atomic mass is 16.5. The Morgan fingerprint density at radius 3 is 3.04 bits per heavy atom. The Hall–Kier alpha value is -2.56. The van der Waals surface area contributed by atoms with Gasteiger partial charge in [0.2, 0.25) is 5.88 Å². The van der Waals surface area contributed by atoms with Gasteiger partial charge in [-0.3, -0.25) is 4.79 Å². The maximum atomic E-state index is 12.8. The first-order valence-corrected chi connectivity index (χ1v) is 8.82. The van der Waals surface area contributed by atoms with Crippen molar-refractivity contribution in [2.75, 3.05) is 13.1 Å². The molecule has 5 nitrogen and oxygen atoms in total. The summed E-state index contributed by atoms with van der Waals surface area (Å²) >= 11 is 0. The summed E-state index contributed by atoms with van der Waals surface area (Å²) in [5, 5.41) is 0. The fraction of sp³-hybridized carbons (Fsp3) is 0.400. The number of amides is 1. The van der Waals surface area contributed by atoms with Crippen LogP contribution in [-0.4, -0.2) is 41.1 Å². The summed E-state index contributed by atoms with van der Waals surface area (Å²) in [6, 6.07) is 11.7. The molecule has 1 aromatic heterocycles. The molecule has 5 heteroatoms. The van der Waals surface area contributed by atoms with Crippen molar-refractivity contribution < 1.29 is 14.3 Å². The molecule has 0 aliphatic carbocycles. The lowest BCUT2D eigenvalue weighted by Crippen LogP contribution is -2.43. The number of hydrogen-bond donors (Lipinski definition) is 0. The van der Waals surface area contributed by atoms with Crippen molar-refractivity contribution in [3.63, 3.8) is 0 Å². The van der Waals surface area contributed by atoms with E-state index in [1.54, 1.807) is 6.20 Å². The summed E-state index contributed by atoms with van der Waals surface area (Å²) in [4.78, 5) is 18.8. The standard InChI is InChI=1S/C20H22N2O3/c1-14-5-7-17-15(12-14)6-8-18(25-17)20(23)22-11-9-16(13-22)24-19-4-2-3-10-21-19/h2-5,7,10,12,16,18H,6,8-9,11,13H2,1H3.